The number of amides is 2. The Kier molecular flexibility index (Phi) is 8.63. The van der Waals surface area contributed by atoms with E-state index in [4.69, 9.17) is 17.3 Å². The summed E-state index contributed by atoms with van der Waals surface area (Å²) in [5.74, 6) is -1.03. The van der Waals surface area contributed by atoms with E-state index < -0.39 is 18.0 Å². The summed E-state index contributed by atoms with van der Waals surface area (Å²) in [6.45, 7) is 0.673. The molecular weight excluding hydrogens is 256 g/mol. The van der Waals surface area contributed by atoms with Crippen molar-refractivity contribution in [2.24, 2.45) is 0 Å². The lowest BCUT2D eigenvalue weighted by atomic mass is 10.1. The molecule has 0 aliphatic rings. The van der Waals surface area contributed by atoms with Gasteiger partial charge in [-0.05, 0) is 31.5 Å². The zero-order valence-electron chi connectivity index (χ0n) is 10.6. The van der Waals surface area contributed by atoms with Crippen LogP contribution in [0.4, 0.5) is 4.79 Å². The number of unbranched alkanes of at least 4 members (excludes halogenated alkanes) is 1. The maximum absolute atomic E-state index is 11.0. The minimum Gasteiger partial charge on any atom is -0.480 e. The first-order chi connectivity index (χ1) is 8.51. The molecule has 0 aliphatic carbocycles. The van der Waals surface area contributed by atoms with Crippen LogP contribution in [0.5, 0.6) is 0 Å². The lowest BCUT2D eigenvalue weighted by Crippen LogP contribution is -2.44. The third kappa shape index (κ3) is 7.66. The van der Waals surface area contributed by atoms with E-state index in [1.807, 2.05) is 0 Å². The number of rotatable bonds is 7. The summed E-state index contributed by atoms with van der Waals surface area (Å²) in [6.07, 6.45) is 1.85. The smallest absolute Gasteiger partial charge is 0.326 e. The first-order valence-corrected chi connectivity index (χ1v) is 6.08. The van der Waals surface area contributed by atoms with Gasteiger partial charge in [0.05, 0.1) is 0 Å². The van der Waals surface area contributed by atoms with Gasteiger partial charge in [0.2, 0.25) is 0 Å². The Bertz CT molecular complexity index is 299. The van der Waals surface area contributed by atoms with Crippen LogP contribution in [-0.2, 0) is 4.79 Å². The number of carboxylic acids is 1. The molecule has 0 bridgehead atoms. The number of carboxylic acid groups (broad SMARTS) is 1. The number of hydrogen-bond donors (Lipinski definition) is 5. The fourth-order valence-electron chi connectivity index (χ4n) is 1.25. The molecule has 0 rings (SSSR count). The Morgan fingerprint density at radius 1 is 1.22 bits per heavy atom. The number of hydrogen-bond acceptors (Lipinski definition) is 3. The maximum Gasteiger partial charge on any atom is 0.326 e. The topological polar surface area (TPSA) is 102 Å². The zero-order chi connectivity index (χ0) is 14.0. The summed E-state index contributed by atoms with van der Waals surface area (Å²) < 4.78 is 0. The molecule has 5 N–H and O–H groups in total. The highest BCUT2D eigenvalue weighted by Crippen LogP contribution is 2.01. The number of carbonyl (C=O) groups excluding carboxylic acids is 1. The Hall–Kier alpha value is -1.57. The lowest BCUT2D eigenvalue weighted by Gasteiger charge is -2.14. The van der Waals surface area contributed by atoms with Crippen molar-refractivity contribution >= 4 is 29.3 Å². The predicted molar refractivity (Wildman–Crippen MR) is 72.5 cm³/mol. The monoisotopic (exact) mass is 276 g/mol. The van der Waals surface area contributed by atoms with Crippen molar-refractivity contribution < 1.29 is 14.7 Å². The number of urea groups is 1. The molecule has 0 aromatic rings. The van der Waals surface area contributed by atoms with E-state index in [0.717, 1.165) is 6.42 Å². The van der Waals surface area contributed by atoms with Gasteiger partial charge in [0.15, 0.2) is 5.11 Å². The molecule has 0 heterocycles. The van der Waals surface area contributed by atoms with E-state index in [9.17, 15) is 9.59 Å². The first-order valence-electron chi connectivity index (χ1n) is 5.68. The lowest BCUT2D eigenvalue weighted by molar-refractivity contribution is -0.139. The minimum atomic E-state index is -1.03. The van der Waals surface area contributed by atoms with Crippen LogP contribution in [-0.4, -0.2) is 48.9 Å². The maximum atomic E-state index is 11.0. The third-order valence-corrected chi connectivity index (χ3v) is 2.61. The number of carbonyl (C=O) groups is 2. The van der Waals surface area contributed by atoms with E-state index in [0.29, 0.717) is 24.5 Å². The molecule has 104 valence electrons. The predicted octanol–water partition coefficient (Wildman–Crippen LogP) is -0.367. The van der Waals surface area contributed by atoms with Crippen LogP contribution in [0.15, 0.2) is 0 Å². The van der Waals surface area contributed by atoms with Crippen molar-refractivity contribution in [1.29, 1.82) is 0 Å². The summed E-state index contributed by atoms with van der Waals surface area (Å²) in [7, 11) is 3.17. The van der Waals surface area contributed by atoms with Gasteiger partial charge in [0.1, 0.15) is 6.04 Å². The van der Waals surface area contributed by atoms with E-state index >= 15 is 0 Å². The molecule has 0 aliphatic heterocycles. The van der Waals surface area contributed by atoms with Gasteiger partial charge in [0.25, 0.3) is 0 Å². The Morgan fingerprint density at radius 3 is 2.39 bits per heavy atom. The number of nitrogens with one attached hydrogen (secondary N) is 4. The van der Waals surface area contributed by atoms with Crippen molar-refractivity contribution in [2.45, 2.75) is 25.3 Å². The molecule has 18 heavy (non-hydrogen) atoms. The highest BCUT2D eigenvalue weighted by atomic mass is 32.1. The first kappa shape index (κ1) is 16.4. The van der Waals surface area contributed by atoms with Crippen LogP contribution in [0.3, 0.4) is 0 Å². The molecule has 0 spiro atoms. The molecule has 8 heteroatoms. The molecule has 0 aromatic carbocycles. The average Bonchev–Trinajstić information content (AvgIpc) is 2.35. The average molecular weight is 276 g/mol. The second-order valence-electron chi connectivity index (χ2n) is 3.62. The minimum absolute atomic E-state index is 0.386. The second-order valence-corrected chi connectivity index (χ2v) is 4.02. The van der Waals surface area contributed by atoms with Gasteiger partial charge < -0.3 is 26.4 Å². The van der Waals surface area contributed by atoms with E-state index in [-0.39, 0.29) is 0 Å². The van der Waals surface area contributed by atoms with Crippen LogP contribution >= 0.6 is 12.2 Å². The standard InChI is InChI=1S/C10H20N4O3S/c1-11-9(17)14-7(8(15)16)5-3-4-6-13-10(18)12-2/h7H,3-6H2,1-2H3,(H,15,16)(H2,11,14,17)(H2,12,13,18). The third-order valence-electron chi connectivity index (χ3n) is 2.26. The van der Waals surface area contributed by atoms with Crippen molar-refractivity contribution in [3.05, 3.63) is 0 Å². The second kappa shape index (κ2) is 9.46. The highest BCUT2D eigenvalue weighted by molar-refractivity contribution is 7.80. The molecule has 1 unspecified atom stereocenters. The molecule has 0 saturated heterocycles. The molecule has 0 aromatic heterocycles. The van der Waals surface area contributed by atoms with Gasteiger partial charge in [-0.2, -0.15) is 0 Å². The Balaban J connectivity index is 3.81. The van der Waals surface area contributed by atoms with Gasteiger partial charge in [-0.3, -0.25) is 0 Å². The van der Waals surface area contributed by atoms with Crippen LogP contribution in [0, 0.1) is 0 Å². The number of thiocarbonyl (C=S) groups is 1. The van der Waals surface area contributed by atoms with Crippen molar-refractivity contribution in [3.8, 4) is 0 Å². The van der Waals surface area contributed by atoms with E-state index in [1.54, 1.807) is 7.05 Å². The van der Waals surface area contributed by atoms with Crippen LogP contribution < -0.4 is 21.3 Å². The molecule has 7 nitrogen and oxygen atoms in total. The van der Waals surface area contributed by atoms with Crippen LogP contribution in [0.2, 0.25) is 0 Å². The largest absolute Gasteiger partial charge is 0.480 e. The van der Waals surface area contributed by atoms with Gasteiger partial charge in [-0.15, -0.1) is 0 Å². The van der Waals surface area contributed by atoms with Crippen molar-refractivity contribution in [2.75, 3.05) is 20.6 Å². The Labute approximate surface area is 112 Å². The Morgan fingerprint density at radius 2 is 1.89 bits per heavy atom. The van der Waals surface area contributed by atoms with Gasteiger partial charge in [-0.1, -0.05) is 0 Å². The highest BCUT2D eigenvalue weighted by Gasteiger charge is 2.18. The van der Waals surface area contributed by atoms with Gasteiger partial charge >= 0.3 is 12.0 Å². The van der Waals surface area contributed by atoms with Crippen molar-refractivity contribution in [3.63, 3.8) is 0 Å². The summed E-state index contributed by atoms with van der Waals surface area (Å²) in [5.41, 5.74) is 0. The quantitative estimate of drug-likeness (QED) is 0.321. The fraction of sp³-hybridized carbons (Fsp3) is 0.700. The molecule has 0 fully saturated rings. The zero-order valence-corrected chi connectivity index (χ0v) is 11.4. The van der Waals surface area contributed by atoms with Crippen LogP contribution in [0.25, 0.3) is 0 Å². The normalized spacial score (nSPS) is 11.2. The SMILES string of the molecule is CNC(=O)NC(CCCCNC(=S)NC)C(=O)O. The van der Waals surface area contributed by atoms with E-state index in [2.05, 4.69) is 21.3 Å². The summed E-state index contributed by atoms with van der Waals surface area (Å²) >= 11 is 4.89. The molecule has 2 amide bonds. The van der Waals surface area contributed by atoms with Crippen molar-refractivity contribution in [1.82, 2.24) is 21.3 Å². The number of aliphatic carboxylic acids is 1. The molecular formula is C10H20N4O3S. The van der Waals surface area contributed by atoms with E-state index in [1.165, 1.54) is 7.05 Å². The van der Waals surface area contributed by atoms with Crippen LogP contribution in [0.1, 0.15) is 19.3 Å². The summed E-state index contributed by atoms with van der Waals surface area (Å²) in [5, 5.41) is 19.9. The fourth-order valence-corrected chi connectivity index (χ4v) is 1.35. The summed E-state index contributed by atoms with van der Waals surface area (Å²) in [4.78, 5) is 21.9. The summed E-state index contributed by atoms with van der Waals surface area (Å²) in [6, 6.07) is -1.35. The van der Waals surface area contributed by atoms with Gasteiger partial charge in [-0.25, -0.2) is 9.59 Å². The molecule has 0 saturated carbocycles. The van der Waals surface area contributed by atoms with Gasteiger partial charge in [0, 0.05) is 20.6 Å². The molecule has 1 atom stereocenters. The molecule has 0 radical (unpaired) electrons.